The lowest BCUT2D eigenvalue weighted by atomic mass is 9.94. The molecular weight excluding hydrogens is 466 g/mol. The number of amides is 1. The van der Waals surface area contributed by atoms with Crippen molar-refractivity contribution < 1.29 is 19.0 Å². The van der Waals surface area contributed by atoms with Crippen molar-refractivity contribution in [3.05, 3.63) is 60.9 Å². The summed E-state index contributed by atoms with van der Waals surface area (Å²) < 4.78 is 18.0. The normalized spacial score (nSPS) is 22.1. The molecule has 0 radical (unpaired) electrons. The summed E-state index contributed by atoms with van der Waals surface area (Å²) in [6.45, 7) is 5.77. The number of rotatable bonds is 3. The fourth-order valence-electron chi connectivity index (χ4n) is 6.07. The van der Waals surface area contributed by atoms with Gasteiger partial charge in [-0.15, -0.1) is 0 Å². The van der Waals surface area contributed by atoms with Gasteiger partial charge in [-0.2, -0.15) is 0 Å². The van der Waals surface area contributed by atoms with E-state index in [1.807, 2.05) is 56.1 Å². The van der Waals surface area contributed by atoms with Gasteiger partial charge in [-0.05, 0) is 82.3 Å². The summed E-state index contributed by atoms with van der Waals surface area (Å²) in [7, 11) is 1.67. The van der Waals surface area contributed by atoms with E-state index in [9.17, 15) is 4.79 Å². The standard InChI is InChI=1S/C30H33N3O4/c1-30(2,3)37-29(34)32-21-11-12-22(32)17-23(16-21)33-24-13-10-19(20-7-6-14-31-18-20)15-27(24)36-28-25(33)8-5-9-26(28)35-4/h5-10,13-15,18,21-23H,11-12,16-17H2,1-4H3. The summed E-state index contributed by atoms with van der Waals surface area (Å²) in [5, 5.41) is 0. The van der Waals surface area contributed by atoms with Gasteiger partial charge < -0.3 is 24.0 Å². The Bertz CT molecular complexity index is 1310. The molecule has 0 aliphatic carbocycles. The minimum absolute atomic E-state index is 0.161. The molecule has 6 rings (SSSR count). The first-order valence-corrected chi connectivity index (χ1v) is 13.0. The van der Waals surface area contributed by atoms with E-state index in [1.165, 1.54) is 0 Å². The Morgan fingerprint density at radius 1 is 0.973 bits per heavy atom. The van der Waals surface area contributed by atoms with Crippen molar-refractivity contribution in [3.63, 3.8) is 0 Å². The summed E-state index contributed by atoms with van der Waals surface area (Å²) in [5.74, 6) is 2.22. The quantitative estimate of drug-likeness (QED) is 0.389. The first-order chi connectivity index (χ1) is 17.8. The third-order valence-corrected chi connectivity index (χ3v) is 7.54. The van der Waals surface area contributed by atoms with Crippen LogP contribution in [0.25, 0.3) is 11.1 Å². The topological polar surface area (TPSA) is 64.1 Å². The van der Waals surface area contributed by atoms with Crippen LogP contribution in [0.2, 0.25) is 0 Å². The number of fused-ring (bicyclic) bond motifs is 4. The molecule has 7 heteroatoms. The Morgan fingerprint density at radius 2 is 1.76 bits per heavy atom. The number of piperidine rings is 1. The number of methoxy groups -OCH3 is 1. The van der Waals surface area contributed by atoms with E-state index in [4.69, 9.17) is 14.2 Å². The fourth-order valence-corrected chi connectivity index (χ4v) is 6.07. The molecule has 2 unspecified atom stereocenters. The number of anilines is 2. The molecule has 4 heterocycles. The lowest BCUT2D eigenvalue weighted by Gasteiger charge is -2.46. The van der Waals surface area contributed by atoms with Crippen molar-refractivity contribution in [2.24, 2.45) is 0 Å². The first-order valence-electron chi connectivity index (χ1n) is 13.0. The van der Waals surface area contributed by atoms with Crippen LogP contribution in [-0.2, 0) is 4.74 Å². The van der Waals surface area contributed by atoms with Crippen LogP contribution >= 0.6 is 0 Å². The Labute approximate surface area is 218 Å². The van der Waals surface area contributed by atoms with Crippen LogP contribution in [0.15, 0.2) is 60.9 Å². The van der Waals surface area contributed by atoms with Gasteiger partial charge in [-0.1, -0.05) is 18.2 Å². The molecule has 192 valence electrons. The summed E-state index contributed by atoms with van der Waals surface area (Å²) in [6.07, 6.45) is 7.20. The Balaban J connectivity index is 1.37. The molecule has 2 aromatic carbocycles. The SMILES string of the molecule is COc1cccc2c1Oc1cc(-c3cccnc3)ccc1N2C1CC2CCC(C1)N2C(=O)OC(C)(C)C. The van der Waals surface area contributed by atoms with E-state index >= 15 is 0 Å². The number of pyridine rings is 1. The van der Waals surface area contributed by atoms with Gasteiger partial charge >= 0.3 is 6.09 Å². The van der Waals surface area contributed by atoms with Crippen LogP contribution in [0, 0.1) is 0 Å². The number of carbonyl (C=O) groups excluding carboxylic acids is 1. The van der Waals surface area contributed by atoms with Gasteiger partial charge in [0.05, 0.1) is 18.5 Å². The Morgan fingerprint density at radius 3 is 2.43 bits per heavy atom. The molecule has 2 atom stereocenters. The number of hydrogen-bond acceptors (Lipinski definition) is 6. The maximum absolute atomic E-state index is 13.1. The highest BCUT2D eigenvalue weighted by atomic mass is 16.6. The molecule has 2 saturated heterocycles. The highest BCUT2D eigenvalue weighted by molar-refractivity contribution is 5.83. The molecule has 3 aromatic rings. The van der Waals surface area contributed by atoms with Gasteiger partial charge in [-0.25, -0.2) is 4.79 Å². The Hall–Kier alpha value is -3.74. The second-order valence-corrected chi connectivity index (χ2v) is 11.1. The molecule has 7 nitrogen and oxygen atoms in total. The zero-order chi connectivity index (χ0) is 25.7. The van der Waals surface area contributed by atoms with Gasteiger partial charge in [0, 0.05) is 36.1 Å². The third-order valence-electron chi connectivity index (χ3n) is 7.54. The maximum Gasteiger partial charge on any atom is 0.410 e. The van der Waals surface area contributed by atoms with Crippen molar-refractivity contribution in [3.8, 4) is 28.4 Å². The first kappa shape index (κ1) is 23.6. The molecular formula is C30H33N3O4. The predicted molar refractivity (Wildman–Crippen MR) is 143 cm³/mol. The van der Waals surface area contributed by atoms with E-state index in [0.717, 1.165) is 59.7 Å². The number of hydrogen-bond donors (Lipinski definition) is 0. The minimum Gasteiger partial charge on any atom is -0.493 e. The van der Waals surface area contributed by atoms with E-state index in [1.54, 1.807) is 13.3 Å². The van der Waals surface area contributed by atoms with Crippen LogP contribution in [0.4, 0.5) is 16.2 Å². The number of benzene rings is 2. The van der Waals surface area contributed by atoms with Crippen molar-refractivity contribution in [1.82, 2.24) is 9.88 Å². The summed E-state index contributed by atoms with van der Waals surface area (Å²) in [6, 6.07) is 16.9. The summed E-state index contributed by atoms with van der Waals surface area (Å²) in [4.78, 5) is 21.7. The molecule has 2 bridgehead atoms. The van der Waals surface area contributed by atoms with Crippen molar-refractivity contribution in [1.29, 1.82) is 0 Å². The monoisotopic (exact) mass is 499 g/mol. The summed E-state index contributed by atoms with van der Waals surface area (Å²) >= 11 is 0. The molecule has 0 spiro atoms. The maximum atomic E-state index is 13.1. The molecule has 3 aliphatic rings. The molecule has 1 aromatic heterocycles. The average Bonchev–Trinajstić information content (AvgIpc) is 3.16. The second-order valence-electron chi connectivity index (χ2n) is 11.1. The van der Waals surface area contributed by atoms with Crippen LogP contribution in [-0.4, -0.2) is 46.8 Å². The number of para-hydroxylation sites is 1. The fraction of sp³-hybridized carbons (Fsp3) is 0.400. The van der Waals surface area contributed by atoms with Crippen LogP contribution in [0.1, 0.15) is 46.5 Å². The lowest BCUT2D eigenvalue weighted by Crippen LogP contribution is -2.53. The van der Waals surface area contributed by atoms with E-state index in [-0.39, 0.29) is 24.2 Å². The molecule has 1 amide bonds. The number of aromatic nitrogens is 1. The number of carbonyl (C=O) groups is 1. The molecule has 0 N–H and O–H groups in total. The van der Waals surface area contributed by atoms with Crippen LogP contribution in [0.5, 0.6) is 17.2 Å². The van der Waals surface area contributed by atoms with Gasteiger partial charge in [-0.3, -0.25) is 4.98 Å². The smallest absolute Gasteiger partial charge is 0.410 e. The zero-order valence-corrected chi connectivity index (χ0v) is 21.8. The lowest BCUT2D eigenvalue weighted by molar-refractivity contribution is 0.00613. The molecule has 3 aliphatic heterocycles. The van der Waals surface area contributed by atoms with E-state index in [0.29, 0.717) is 5.75 Å². The number of nitrogens with zero attached hydrogens (tertiary/aromatic N) is 3. The van der Waals surface area contributed by atoms with Crippen LogP contribution < -0.4 is 14.4 Å². The largest absolute Gasteiger partial charge is 0.493 e. The van der Waals surface area contributed by atoms with E-state index < -0.39 is 5.60 Å². The third kappa shape index (κ3) is 4.26. The van der Waals surface area contributed by atoms with Crippen molar-refractivity contribution in [2.75, 3.05) is 12.0 Å². The van der Waals surface area contributed by atoms with Gasteiger partial charge in [0.25, 0.3) is 0 Å². The van der Waals surface area contributed by atoms with Gasteiger partial charge in [0.2, 0.25) is 0 Å². The predicted octanol–water partition coefficient (Wildman–Crippen LogP) is 6.93. The van der Waals surface area contributed by atoms with Gasteiger partial charge in [0.1, 0.15) is 5.60 Å². The van der Waals surface area contributed by atoms with Gasteiger partial charge in [0.15, 0.2) is 17.2 Å². The van der Waals surface area contributed by atoms with E-state index in [2.05, 4.69) is 34.1 Å². The number of ether oxygens (including phenoxy) is 3. The molecule has 2 fully saturated rings. The zero-order valence-electron chi connectivity index (χ0n) is 21.8. The molecule has 0 saturated carbocycles. The minimum atomic E-state index is -0.502. The Kier molecular flexibility index (Phi) is 5.74. The highest BCUT2D eigenvalue weighted by Crippen LogP contribution is 2.54. The van der Waals surface area contributed by atoms with Crippen molar-refractivity contribution in [2.45, 2.75) is 70.2 Å². The second kappa shape index (κ2) is 8.98. The van der Waals surface area contributed by atoms with Crippen molar-refractivity contribution >= 4 is 17.5 Å². The van der Waals surface area contributed by atoms with Crippen LogP contribution in [0.3, 0.4) is 0 Å². The molecule has 37 heavy (non-hydrogen) atoms. The highest BCUT2D eigenvalue weighted by Gasteiger charge is 2.47. The summed E-state index contributed by atoms with van der Waals surface area (Å²) in [5.41, 5.74) is 3.61. The average molecular weight is 500 g/mol.